The number of hydrogen-bond acceptors (Lipinski definition) is 4. The molecule has 7 nitrogen and oxygen atoms in total. The monoisotopic (exact) mass is 329 g/mol. The van der Waals surface area contributed by atoms with Gasteiger partial charge in [0, 0.05) is 18.7 Å². The van der Waals surface area contributed by atoms with Crippen molar-refractivity contribution in [2.24, 2.45) is 0 Å². The number of hydrogen-bond donors (Lipinski definition) is 2. The average Bonchev–Trinajstić information content (AvgIpc) is 3.14. The van der Waals surface area contributed by atoms with Gasteiger partial charge in [-0.15, -0.1) is 0 Å². The van der Waals surface area contributed by atoms with Gasteiger partial charge in [-0.25, -0.2) is 9.97 Å². The summed E-state index contributed by atoms with van der Waals surface area (Å²) < 4.78 is 0. The SMILES string of the molecule is CCCC(=O)N1CCCC1C(=O)Nc1ncnc2[nH]c(C)c(C)c12. The Hall–Kier alpha value is -2.44. The highest BCUT2D eigenvalue weighted by atomic mass is 16.2. The second-order valence-corrected chi connectivity index (χ2v) is 6.31. The summed E-state index contributed by atoms with van der Waals surface area (Å²) in [6.45, 7) is 6.56. The van der Waals surface area contributed by atoms with Crippen LogP contribution in [0.1, 0.15) is 43.9 Å². The number of H-pyrrole nitrogens is 1. The molecule has 1 unspecified atom stereocenters. The number of aromatic amines is 1. The molecule has 0 saturated carbocycles. The Morgan fingerprint density at radius 3 is 2.92 bits per heavy atom. The lowest BCUT2D eigenvalue weighted by Crippen LogP contribution is -2.43. The Labute approximate surface area is 140 Å². The summed E-state index contributed by atoms with van der Waals surface area (Å²) in [6.07, 6.45) is 4.26. The number of nitrogens with one attached hydrogen (secondary N) is 2. The van der Waals surface area contributed by atoms with Gasteiger partial charge in [-0.1, -0.05) is 6.92 Å². The number of amides is 2. The average molecular weight is 329 g/mol. The van der Waals surface area contributed by atoms with E-state index in [2.05, 4.69) is 20.3 Å². The maximum atomic E-state index is 12.7. The third-order valence-electron chi connectivity index (χ3n) is 4.67. The van der Waals surface area contributed by atoms with Crippen molar-refractivity contribution in [2.75, 3.05) is 11.9 Å². The van der Waals surface area contributed by atoms with E-state index in [1.165, 1.54) is 6.33 Å². The summed E-state index contributed by atoms with van der Waals surface area (Å²) in [7, 11) is 0. The normalized spacial score (nSPS) is 17.5. The predicted molar refractivity (Wildman–Crippen MR) is 91.6 cm³/mol. The number of nitrogens with zero attached hydrogens (tertiary/aromatic N) is 3. The Morgan fingerprint density at radius 1 is 1.38 bits per heavy atom. The fraction of sp³-hybridized carbons (Fsp3) is 0.529. The summed E-state index contributed by atoms with van der Waals surface area (Å²) in [5.74, 6) is 0.383. The standard InChI is InChI=1S/C17H23N5O2/c1-4-6-13(23)22-8-5-7-12(22)17(24)21-16-14-10(2)11(3)20-15(14)18-9-19-16/h9,12H,4-8H2,1-3H3,(H2,18,19,20,21,24). The number of aromatic nitrogens is 3. The predicted octanol–water partition coefficient (Wildman–Crippen LogP) is 2.30. The number of carbonyl (C=O) groups excluding carboxylic acids is 2. The largest absolute Gasteiger partial charge is 0.343 e. The molecule has 3 rings (SSSR count). The Balaban J connectivity index is 1.83. The molecule has 0 aliphatic carbocycles. The number of rotatable bonds is 4. The molecular weight excluding hydrogens is 306 g/mol. The van der Waals surface area contributed by atoms with Crippen LogP contribution in [0.3, 0.4) is 0 Å². The van der Waals surface area contributed by atoms with Crippen molar-refractivity contribution in [1.29, 1.82) is 0 Å². The van der Waals surface area contributed by atoms with Gasteiger partial charge in [0.15, 0.2) is 0 Å². The van der Waals surface area contributed by atoms with Gasteiger partial charge < -0.3 is 15.2 Å². The van der Waals surface area contributed by atoms with Gasteiger partial charge in [0.25, 0.3) is 0 Å². The van der Waals surface area contributed by atoms with E-state index in [0.29, 0.717) is 30.9 Å². The van der Waals surface area contributed by atoms with Crippen LogP contribution in [-0.4, -0.2) is 44.3 Å². The molecule has 3 heterocycles. The topological polar surface area (TPSA) is 91.0 Å². The van der Waals surface area contributed by atoms with Gasteiger partial charge in [-0.2, -0.15) is 0 Å². The van der Waals surface area contributed by atoms with Crippen molar-refractivity contribution >= 4 is 28.7 Å². The second-order valence-electron chi connectivity index (χ2n) is 6.31. The van der Waals surface area contributed by atoms with E-state index in [0.717, 1.165) is 29.5 Å². The highest BCUT2D eigenvalue weighted by molar-refractivity contribution is 6.03. The molecule has 2 N–H and O–H groups in total. The van der Waals surface area contributed by atoms with Gasteiger partial charge in [0.2, 0.25) is 11.8 Å². The third kappa shape index (κ3) is 2.86. The maximum absolute atomic E-state index is 12.7. The van der Waals surface area contributed by atoms with Gasteiger partial charge in [0.05, 0.1) is 5.39 Å². The number of fused-ring (bicyclic) bond motifs is 1. The fourth-order valence-corrected chi connectivity index (χ4v) is 3.28. The summed E-state index contributed by atoms with van der Waals surface area (Å²) in [4.78, 5) is 38.3. The molecule has 1 saturated heterocycles. The molecule has 0 aromatic carbocycles. The summed E-state index contributed by atoms with van der Waals surface area (Å²) >= 11 is 0. The molecule has 2 amide bonds. The van der Waals surface area contributed by atoms with E-state index in [1.54, 1.807) is 4.90 Å². The number of aryl methyl sites for hydroxylation is 2. The van der Waals surface area contributed by atoms with Crippen LogP contribution in [-0.2, 0) is 9.59 Å². The van der Waals surface area contributed by atoms with Crippen LogP contribution in [0.2, 0.25) is 0 Å². The first-order valence-corrected chi connectivity index (χ1v) is 8.43. The first-order chi connectivity index (χ1) is 11.5. The van der Waals surface area contributed by atoms with Crippen molar-refractivity contribution in [2.45, 2.75) is 52.5 Å². The highest BCUT2D eigenvalue weighted by Crippen LogP contribution is 2.26. The molecule has 128 valence electrons. The smallest absolute Gasteiger partial charge is 0.248 e. The molecule has 2 aromatic rings. The lowest BCUT2D eigenvalue weighted by Gasteiger charge is -2.23. The van der Waals surface area contributed by atoms with Crippen molar-refractivity contribution in [1.82, 2.24) is 19.9 Å². The molecule has 0 spiro atoms. The molecule has 24 heavy (non-hydrogen) atoms. The van der Waals surface area contributed by atoms with E-state index in [4.69, 9.17) is 0 Å². The summed E-state index contributed by atoms with van der Waals surface area (Å²) in [5.41, 5.74) is 2.73. The Bertz CT molecular complexity index is 783. The maximum Gasteiger partial charge on any atom is 0.248 e. The van der Waals surface area contributed by atoms with Gasteiger partial charge in [0.1, 0.15) is 23.8 Å². The van der Waals surface area contributed by atoms with Crippen LogP contribution in [0.4, 0.5) is 5.82 Å². The van der Waals surface area contributed by atoms with Crippen molar-refractivity contribution < 1.29 is 9.59 Å². The molecule has 0 bridgehead atoms. The van der Waals surface area contributed by atoms with Gasteiger partial charge in [-0.05, 0) is 38.7 Å². The summed E-state index contributed by atoms with van der Waals surface area (Å²) in [5, 5.41) is 3.73. The number of likely N-dealkylation sites (tertiary alicyclic amines) is 1. The summed E-state index contributed by atoms with van der Waals surface area (Å²) in [6, 6.07) is -0.408. The van der Waals surface area contributed by atoms with Crippen molar-refractivity contribution in [3.05, 3.63) is 17.6 Å². The van der Waals surface area contributed by atoms with Crippen LogP contribution in [0.15, 0.2) is 6.33 Å². The van der Waals surface area contributed by atoms with Crippen LogP contribution in [0.25, 0.3) is 11.0 Å². The van der Waals surface area contributed by atoms with E-state index in [1.807, 2.05) is 20.8 Å². The third-order valence-corrected chi connectivity index (χ3v) is 4.67. The van der Waals surface area contributed by atoms with E-state index in [9.17, 15) is 9.59 Å². The van der Waals surface area contributed by atoms with Crippen LogP contribution >= 0.6 is 0 Å². The highest BCUT2D eigenvalue weighted by Gasteiger charge is 2.34. The molecule has 7 heteroatoms. The van der Waals surface area contributed by atoms with E-state index >= 15 is 0 Å². The molecule has 1 atom stereocenters. The van der Waals surface area contributed by atoms with Crippen molar-refractivity contribution in [3.63, 3.8) is 0 Å². The first kappa shape index (κ1) is 16.4. The zero-order chi connectivity index (χ0) is 17.3. The lowest BCUT2D eigenvalue weighted by atomic mass is 10.1. The number of carbonyl (C=O) groups is 2. The second kappa shape index (κ2) is 6.59. The molecular formula is C17H23N5O2. The van der Waals surface area contributed by atoms with Crippen molar-refractivity contribution in [3.8, 4) is 0 Å². The lowest BCUT2D eigenvalue weighted by molar-refractivity contribution is -0.136. The zero-order valence-corrected chi connectivity index (χ0v) is 14.3. The van der Waals surface area contributed by atoms with E-state index < -0.39 is 6.04 Å². The van der Waals surface area contributed by atoms with Crippen LogP contribution in [0.5, 0.6) is 0 Å². The molecule has 1 aliphatic rings. The Kier molecular flexibility index (Phi) is 4.51. The molecule has 2 aromatic heterocycles. The van der Waals surface area contributed by atoms with Gasteiger partial charge in [-0.3, -0.25) is 9.59 Å². The Morgan fingerprint density at radius 2 is 2.17 bits per heavy atom. The minimum absolute atomic E-state index is 0.0525. The minimum Gasteiger partial charge on any atom is -0.343 e. The van der Waals surface area contributed by atoms with Crippen LogP contribution < -0.4 is 5.32 Å². The quantitative estimate of drug-likeness (QED) is 0.900. The minimum atomic E-state index is -0.408. The fourth-order valence-electron chi connectivity index (χ4n) is 3.28. The number of anilines is 1. The van der Waals surface area contributed by atoms with Gasteiger partial charge >= 0.3 is 0 Å². The van der Waals surface area contributed by atoms with E-state index in [-0.39, 0.29) is 11.8 Å². The zero-order valence-electron chi connectivity index (χ0n) is 14.3. The molecule has 1 fully saturated rings. The molecule has 1 aliphatic heterocycles. The van der Waals surface area contributed by atoms with Crippen LogP contribution in [0, 0.1) is 13.8 Å². The molecule has 0 radical (unpaired) electrons. The first-order valence-electron chi connectivity index (χ1n) is 8.43.